The van der Waals surface area contributed by atoms with Crippen molar-refractivity contribution in [3.8, 4) is 0 Å². The van der Waals surface area contributed by atoms with Crippen LogP contribution in [0.25, 0.3) is 0 Å². The Kier molecular flexibility index (Phi) is 2.78. The maximum Gasteiger partial charge on any atom is 0.251 e. The molecule has 0 atom stereocenters. The van der Waals surface area contributed by atoms with E-state index in [1.54, 1.807) is 17.5 Å². The Morgan fingerprint density at radius 3 is 2.74 bits per heavy atom. The van der Waals surface area contributed by atoms with Gasteiger partial charge in [-0.05, 0) is 13.8 Å². The zero-order valence-electron chi connectivity index (χ0n) is 10.8. The third-order valence-electron chi connectivity index (χ3n) is 3.41. The predicted molar refractivity (Wildman–Crippen MR) is 73.6 cm³/mol. The molecule has 3 rings (SSSR count). The molecule has 6 nitrogen and oxygen atoms in total. The number of carbonyl (C=O) groups is 1. The van der Waals surface area contributed by atoms with Gasteiger partial charge in [0.15, 0.2) is 5.13 Å². The Morgan fingerprint density at radius 1 is 1.47 bits per heavy atom. The van der Waals surface area contributed by atoms with Gasteiger partial charge in [-0.1, -0.05) is 0 Å². The molecule has 100 valence electrons. The molecule has 0 radical (unpaired) electrons. The quantitative estimate of drug-likeness (QED) is 0.912. The summed E-state index contributed by atoms with van der Waals surface area (Å²) in [6, 6.07) is 0.289. The third-order valence-corrected chi connectivity index (χ3v) is 4.54. The minimum absolute atomic E-state index is 0.289. The molecule has 1 fully saturated rings. The van der Waals surface area contributed by atoms with Gasteiger partial charge < -0.3 is 10.6 Å². The first-order chi connectivity index (χ1) is 9.04. The second-order valence-electron chi connectivity index (χ2n) is 4.77. The first kappa shape index (κ1) is 12.2. The molecule has 2 aromatic rings. The summed E-state index contributed by atoms with van der Waals surface area (Å²) in [5.74, 6) is -0.436. The molecule has 1 aliphatic heterocycles. The molecule has 2 aromatic heterocycles. The molecule has 0 aliphatic carbocycles. The van der Waals surface area contributed by atoms with Gasteiger partial charge in [-0.25, -0.2) is 4.98 Å². The van der Waals surface area contributed by atoms with Gasteiger partial charge in [0.05, 0.1) is 23.5 Å². The summed E-state index contributed by atoms with van der Waals surface area (Å²) in [6.07, 6.45) is 3.23. The molecule has 19 heavy (non-hydrogen) atoms. The molecule has 2 N–H and O–H groups in total. The highest BCUT2D eigenvalue weighted by molar-refractivity contribution is 7.15. The van der Waals surface area contributed by atoms with E-state index in [0.717, 1.165) is 23.9 Å². The van der Waals surface area contributed by atoms with Crippen molar-refractivity contribution in [2.75, 3.05) is 18.0 Å². The number of aromatic nitrogens is 3. The van der Waals surface area contributed by atoms with Crippen LogP contribution in [0, 0.1) is 13.8 Å². The highest BCUT2D eigenvalue weighted by Crippen LogP contribution is 2.32. The van der Waals surface area contributed by atoms with Crippen LogP contribution in [0.4, 0.5) is 5.13 Å². The second kappa shape index (κ2) is 4.34. The lowest BCUT2D eigenvalue weighted by Gasteiger charge is -2.39. The molecular formula is C12H15N5OS. The number of anilines is 1. The molecule has 0 spiro atoms. The average Bonchev–Trinajstić information content (AvgIpc) is 2.86. The number of thiazole rings is 1. The van der Waals surface area contributed by atoms with E-state index in [1.165, 1.54) is 11.1 Å². The van der Waals surface area contributed by atoms with Crippen LogP contribution in [0.5, 0.6) is 0 Å². The Morgan fingerprint density at radius 2 is 2.21 bits per heavy atom. The lowest BCUT2D eigenvalue weighted by molar-refractivity contribution is 0.1000. The van der Waals surface area contributed by atoms with E-state index >= 15 is 0 Å². The Balaban J connectivity index is 1.67. The van der Waals surface area contributed by atoms with Crippen molar-refractivity contribution in [1.82, 2.24) is 14.8 Å². The van der Waals surface area contributed by atoms with Gasteiger partial charge in [0.1, 0.15) is 0 Å². The standard InChI is InChI=1S/C12H15N5OS/c1-7-8(2)19-12(15-7)16-5-10(6-16)17-4-9(3-14-17)11(13)18/h3-4,10H,5-6H2,1-2H3,(H2,13,18). The van der Waals surface area contributed by atoms with Crippen LogP contribution >= 0.6 is 11.3 Å². The van der Waals surface area contributed by atoms with Crippen molar-refractivity contribution in [3.05, 3.63) is 28.5 Å². The summed E-state index contributed by atoms with van der Waals surface area (Å²) in [4.78, 5) is 19.0. The summed E-state index contributed by atoms with van der Waals surface area (Å²) >= 11 is 1.72. The smallest absolute Gasteiger partial charge is 0.251 e. The SMILES string of the molecule is Cc1nc(N2CC(n3cc(C(N)=O)cn3)C2)sc1C. The summed E-state index contributed by atoms with van der Waals surface area (Å²) in [5, 5.41) is 5.25. The van der Waals surface area contributed by atoms with Crippen LogP contribution in [-0.2, 0) is 0 Å². The van der Waals surface area contributed by atoms with Crippen molar-refractivity contribution >= 4 is 22.4 Å². The van der Waals surface area contributed by atoms with E-state index in [9.17, 15) is 4.79 Å². The number of hydrogen-bond donors (Lipinski definition) is 1. The molecule has 0 aromatic carbocycles. The topological polar surface area (TPSA) is 77.0 Å². The fraction of sp³-hybridized carbons (Fsp3) is 0.417. The van der Waals surface area contributed by atoms with Gasteiger partial charge in [0, 0.05) is 24.2 Å². The van der Waals surface area contributed by atoms with Crippen molar-refractivity contribution in [2.45, 2.75) is 19.9 Å². The van der Waals surface area contributed by atoms with E-state index in [2.05, 4.69) is 21.9 Å². The Bertz CT molecular complexity index is 606. The van der Waals surface area contributed by atoms with Crippen LogP contribution < -0.4 is 10.6 Å². The zero-order valence-corrected chi connectivity index (χ0v) is 11.6. The number of primary amides is 1. The van der Waals surface area contributed by atoms with E-state index < -0.39 is 5.91 Å². The van der Waals surface area contributed by atoms with E-state index in [4.69, 9.17) is 5.73 Å². The van der Waals surface area contributed by atoms with Crippen molar-refractivity contribution in [1.29, 1.82) is 0 Å². The summed E-state index contributed by atoms with van der Waals surface area (Å²) in [5.41, 5.74) is 6.77. The van der Waals surface area contributed by atoms with Crippen molar-refractivity contribution < 1.29 is 4.79 Å². The van der Waals surface area contributed by atoms with Gasteiger partial charge in [-0.2, -0.15) is 5.10 Å². The number of rotatable bonds is 3. The Hall–Kier alpha value is -1.89. The molecule has 1 amide bonds. The molecule has 0 unspecified atom stereocenters. The molecular weight excluding hydrogens is 262 g/mol. The fourth-order valence-corrected chi connectivity index (χ4v) is 2.96. The van der Waals surface area contributed by atoms with Crippen molar-refractivity contribution in [3.63, 3.8) is 0 Å². The summed E-state index contributed by atoms with van der Waals surface area (Å²) in [6.45, 7) is 5.85. The third kappa shape index (κ3) is 2.10. The lowest BCUT2D eigenvalue weighted by atomic mass is 10.1. The lowest BCUT2D eigenvalue weighted by Crippen LogP contribution is -2.48. The summed E-state index contributed by atoms with van der Waals surface area (Å²) < 4.78 is 1.81. The van der Waals surface area contributed by atoms with Gasteiger partial charge in [0.25, 0.3) is 5.91 Å². The highest BCUT2D eigenvalue weighted by Gasteiger charge is 2.31. The predicted octanol–water partition coefficient (Wildman–Crippen LogP) is 1.12. The van der Waals surface area contributed by atoms with Crippen LogP contribution in [0.1, 0.15) is 27.0 Å². The van der Waals surface area contributed by atoms with E-state index in [0.29, 0.717) is 5.56 Å². The maximum absolute atomic E-state index is 11.0. The van der Waals surface area contributed by atoms with Gasteiger partial charge in [0.2, 0.25) is 0 Å². The van der Waals surface area contributed by atoms with Crippen LogP contribution in [0.3, 0.4) is 0 Å². The monoisotopic (exact) mass is 277 g/mol. The van der Waals surface area contributed by atoms with E-state index in [1.807, 2.05) is 11.6 Å². The van der Waals surface area contributed by atoms with Crippen molar-refractivity contribution in [2.24, 2.45) is 5.73 Å². The minimum Gasteiger partial charge on any atom is -0.366 e. The number of hydrogen-bond acceptors (Lipinski definition) is 5. The van der Waals surface area contributed by atoms with Gasteiger partial charge in [-0.3, -0.25) is 9.48 Å². The highest BCUT2D eigenvalue weighted by atomic mass is 32.1. The number of amides is 1. The second-order valence-corrected chi connectivity index (χ2v) is 5.95. The molecule has 1 aliphatic rings. The first-order valence-electron chi connectivity index (χ1n) is 6.07. The van der Waals surface area contributed by atoms with Crippen LogP contribution in [0.15, 0.2) is 12.4 Å². The number of carbonyl (C=O) groups excluding carboxylic acids is 1. The molecule has 3 heterocycles. The average molecular weight is 277 g/mol. The molecule has 1 saturated heterocycles. The molecule has 7 heteroatoms. The zero-order chi connectivity index (χ0) is 13.6. The van der Waals surface area contributed by atoms with Crippen LogP contribution in [-0.4, -0.2) is 33.8 Å². The molecule has 0 saturated carbocycles. The molecule has 0 bridgehead atoms. The van der Waals surface area contributed by atoms with Gasteiger partial charge >= 0.3 is 0 Å². The maximum atomic E-state index is 11.0. The number of nitrogens with two attached hydrogens (primary N) is 1. The van der Waals surface area contributed by atoms with Gasteiger partial charge in [-0.15, -0.1) is 11.3 Å². The first-order valence-corrected chi connectivity index (χ1v) is 6.89. The number of aryl methyl sites for hydroxylation is 2. The largest absolute Gasteiger partial charge is 0.366 e. The van der Waals surface area contributed by atoms with E-state index in [-0.39, 0.29) is 6.04 Å². The number of nitrogens with zero attached hydrogens (tertiary/aromatic N) is 4. The normalized spacial score (nSPS) is 15.6. The minimum atomic E-state index is -0.436. The Labute approximate surface area is 114 Å². The summed E-state index contributed by atoms with van der Waals surface area (Å²) in [7, 11) is 0. The fourth-order valence-electron chi connectivity index (χ4n) is 2.03. The van der Waals surface area contributed by atoms with Crippen LogP contribution in [0.2, 0.25) is 0 Å².